The number of rotatable bonds is 7. The van der Waals surface area contributed by atoms with Gasteiger partial charge >= 0.3 is 0 Å². The number of benzene rings is 1. The molecule has 1 aromatic carbocycles. The highest BCUT2D eigenvalue weighted by molar-refractivity contribution is 6.42. The van der Waals surface area contributed by atoms with Crippen molar-refractivity contribution in [1.29, 1.82) is 10.8 Å². The predicted octanol–water partition coefficient (Wildman–Crippen LogP) is 1.92. The van der Waals surface area contributed by atoms with E-state index in [0.29, 0.717) is 25.3 Å². The first-order chi connectivity index (χ1) is 12.0. The summed E-state index contributed by atoms with van der Waals surface area (Å²) in [6.45, 7) is 0.762. The molecule has 0 aliphatic carbocycles. The van der Waals surface area contributed by atoms with Crippen LogP contribution in [0.3, 0.4) is 0 Å². The first-order valence-corrected chi connectivity index (χ1v) is 8.13. The molecule has 1 aromatic rings. The molecule has 134 valence electrons. The van der Waals surface area contributed by atoms with E-state index in [1.165, 1.54) is 6.08 Å². The second-order valence-corrected chi connectivity index (χ2v) is 5.88. The normalized spacial score (nSPS) is 17.3. The molecule has 1 heterocycles. The third-order valence-corrected chi connectivity index (χ3v) is 3.99. The van der Waals surface area contributed by atoms with E-state index >= 15 is 0 Å². The number of carbonyl (C=O) groups is 1. The fourth-order valence-electron chi connectivity index (χ4n) is 2.35. The molecule has 0 saturated carbocycles. The highest BCUT2D eigenvalue weighted by Gasteiger charge is 2.28. The Morgan fingerprint density at radius 1 is 1.40 bits per heavy atom. The molecule has 2 rings (SSSR count). The molecule has 0 radical (unpaired) electrons. The zero-order valence-corrected chi connectivity index (χ0v) is 14.3. The molecule has 1 saturated heterocycles. The van der Waals surface area contributed by atoms with Gasteiger partial charge in [-0.1, -0.05) is 23.7 Å². The molecule has 25 heavy (non-hydrogen) atoms. The van der Waals surface area contributed by atoms with Gasteiger partial charge in [0.1, 0.15) is 16.9 Å². The van der Waals surface area contributed by atoms with Crippen molar-refractivity contribution in [3.8, 4) is 5.75 Å². The summed E-state index contributed by atoms with van der Waals surface area (Å²) in [7, 11) is 0. The molecule has 1 aliphatic heterocycles. The number of amides is 1. The highest BCUT2D eigenvalue weighted by atomic mass is 35.5. The average molecular weight is 366 g/mol. The third-order valence-electron chi connectivity index (χ3n) is 3.70. The van der Waals surface area contributed by atoms with E-state index in [4.69, 9.17) is 37.0 Å². The molecular formula is C17H20ClN3O4. The van der Waals surface area contributed by atoms with Gasteiger partial charge in [0.05, 0.1) is 13.2 Å². The Kier molecular flexibility index (Phi) is 6.97. The maximum Gasteiger partial charge on any atom is 0.260 e. The standard InChI is InChI=1S/C17H20ClN3O4/c18-15(5-7-19)17(20)25-14-6-8-21(9-14)16(23)11-24-13-3-1-12(10-22)2-4-13/h1-5,7,14,19-20,22H,6,8-11H2/b15-5+,19-7?,20-17?. The van der Waals surface area contributed by atoms with Crippen LogP contribution in [0.25, 0.3) is 0 Å². The predicted molar refractivity (Wildman–Crippen MR) is 94.4 cm³/mol. The number of aliphatic hydroxyl groups excluding tert-OH is 1. The lowest BCUT2D eigenvalue weighted by molar-refractivity contribution is -0.132. The zero-order valence-electron chi connectivity index (χ0n) is 13.6. The van der Waals surface area contributed by atoms with Crippen LogP contribution in [0.4, 0.5) is 0 Å². The Balaban J connectivity index is 1.78. The number of hydrogen-bond donors (Lipinski definition) is 3. The van der Waals surface area contributed by atoms with Crippen LogP contribution in [0.1, 0.15) is 12.0 Å². The Bertz CT molecular complexity index is 660. The molecule has 1 atom stereocenters. The maximum absolute atomic E-state index is 12.2. The minimum atomic E-state index is -0.298. The monoisotopic (exact) mass is 365 g/mol. The number of nitrogens with one attached hydrogen (secondary N) is 2. The minimum absolute atomic E-state index is 0.0393. The van der Waals surface area contributed by atoms with Crippen molar-refractivity contribution in [3.63, 3.8) is 0 Å². The van der Waals surface area contributed by atoms with Crippen molar-refractivity contribution in [1.82, 2.24) is 4.90 Å². The summed E-state index contributed by atoms with van der Waals surface area (Å²) < 4.78 is 10.9. The molecule has 8 heteroatoms. The van der Waals surface area contributed by atoms with Crippen molar-refractivity contribution in [2.45, 2.75) is 19.1 Å². The van der Waals surface area contributed by atoms with Gasteiger partial charge in [0.25, 0.3) is 5.91 Å². The van der Waals surface area contributed by atoms with E-state index in [1.807, 2.05) is 0 Å². The second-order valence-electron chi connectivity index (χ2n) is 5.47. The molecule has 7 nitrogen and oxygen atoms in total. The van der Waals surface area contributed by atoms with E-state index in [1.54, 1.807) is 29.2 Å². The van der Waals surface area contributed by atoms with Crippen LogP contribution in [0.2, 0.25) is 0 Å². The molecule has 1 aliphatic rings. The third kappa shape index (κ3) is 5.58. The van der Waals surface area contributed by atoms with Crippen molar-refractivity contribution < 1.29 is 19.4 Å². The van der Waals surface area contributed by atoms with Crippen molar-refractivity contribution in [2.24, 2.45) is 0 Å². The fourth-order valence-corrected chi connectivity index (χ4v) is 2.46. The zero-order chi connectivity index (χ0) is 18.2. The highest BCUT2D eigenvalue weighted by Crippen LogP contribution is 2.17. The molecule has 0 aromatic heterocycles. The smallest absolute Gasteiger partial charge is 0.260 e. The lowest BCUT2D eigenvalue weighted by atomic mass is 10.2. The van der Waals surface area contributed by atoms with E-state index in [-0.39, 0.29) is 36.2 Å². The van der Waals surface area contributed by atoms with Crippen molar-refractivity contribution >= 4 is 29.6 Å². The molecule has 0 spiro atoms. The van der Waals surface area contributed by atoms with Gasteiger partial charge in [0, 0.05) is 19.2 Å². The Morgan fingerprint density at radius 2 is 2.12 bits per heavy atom. The van der Waals surface area contributed by atoms with Gasteiger partial charge in [-0.25, -0.2) is 0 Å². The summed E-state index contributed by atoms with van der Waals surface area (Å²) in [5.74, 6) is 0.192. The molecule has 1 unspecified atom stereocenters. The molecular weight excluding hydrogens is 346 g/mol. The van der Waals surface area contributed by atoms with E-state index in [2.05, 4.69) is 0 Å². The number of hydrogen-bond acceptors (Lipinski definition) is 6. The Labute approximate surface area is 150 Å². The van der Waals surface area contributed by atoms with Crippen molar-refractivity contribution in [3.05, 3.63) is 40.9 Å². The van der Waals surface area contributed by atoms with Gasteiger partial charge in [-0.2, -0.15) is 0 Å². The van der Waals surface area contributed by atoms with Gasteiger partial charge in [-0.05, 0) is 23.8 Å². The minimum Gasteiger partial charge on any atom is -0.484 e. The lowest BCUT2D eigenvalue weighted by Crippen LogP contribution is -2.34. The van der Waals surface area contributed by atoms with Gasteiger partial charge in [0.15, 0.2) is 6.61 Å². The number of ether oxygens (including phenoxy) is 2. The van der Waals surface area contributed by atoms with Crippen LogP contribution in [0.5, 0.6) is 5.75 Å². The molecule has 3 N–H and O–H groups in total. The van der Waals surface area contributed by atoms with Crippen LogP contribution in [0, 0.1) is 10.8 Å². The van der Waals surface area contributed by atoms with E-state index in [9.17, 15) is 4.79 Å². The summed E-state index contributed by atoms with van der Waals surface area (Å²) in [5.41, 5.74) is 0.774. The fraction of sp³-hybridized carbons (Fsp3) is 0.353. The maximum atomic E-state index is 12.2. The quantitative estimate of drug-likeness (QED) is 0.507. The number of nitrogens with zero attached hydrogens (tertiary/aromatic N) is 1. The molecule has 1 amide bonds. The largest absolute Gasteiger partial charge is 0.484 e. The average Bonchev–Trinajstić information content (AvgIpc) is 3.08. The number of carbonyl (C=O) groups excluding carboxylic acids is 1. The summed E-state index contributed by atoms with van der Waals surface area (Å²) in [5, 5.41) is 23.7. The van der Waals surface area contributed by atoms with Crippen LogP contribution in [0.15, 0.2) is 35.4 Å². The Morgan fingerprint density at radius 3 is 2.76 bits per heavy atom. The van der Waals surface area contributed by atoms with Crippen LogP contribution >= 0.6 is 11.6 Å². The number of aliphatic hydroxyl groups is 1. The van der Waals surface area contributed by atoms with Crippen LogP contribution < -0.4 is 4.74 Å². The summed E-state index contributed by atoms with van der Waals surface area (Å²) >= 11 is 5.79. The molecule has 0 bridgehead atoms. The van der Waals surface area contributed by atoms with Gasteiger partial charge in [-0.15, -0.1) is 0 Å². The summed E-state index contributed by atoms with van der Waals surface area (Å²) in [6.07, 6.45) is 2.55. The second kappa shape index (κ2) is 9.19. The topological polar surface area (TPSA) is 107 Å². The number of likely N-dealkylation sites (tertiary alicyclic amines) is 1. The molecule has 1 fully saturated rings. The first-order valence-electron chi connectivity index (χ1n) is 7.75. The van der Waals surface area contributed by atoms with E-state index < -0.39 is 0 Å². The summed E-state index contributed by atoms with van der Waals surface area (Å²) in [4.78, 5) is 13.8. The van der Waals surface area contributed by atoms with Gasteiger partial charge in [-0.3, -0.25) is 10.2 Å². The first kappa shape index (κ1) is 19.0. The van der Waals surface area contributed by atoms with Crippen LogP contribution in [-0.4, -0.2) is 53.8 Å². The SMILES string of the molecule is N=C/C=C(/Cl)C(=N)OC1CCN(C(=O)COc2ccc(CO)cc2)C1. The summed E-state index contributed by atoms with van der Waals surface area (Å²) in [6, 6.07) is 6.87. The van der Waals surface area contributed by atoms with Gasteiger partial charge < -0.3 is 24.9 Å². The Hall–Kier alpha value is -2.38. The van der Waals surface area contributed by atoms with E-state index in [0.717, 1.165) is 11.8 Å². The van der Waals surface area contributed by atoms with Gasteiger partial charge in [0.2, 0.25) is 5.90 Å². The van der Waals surface area contributed by atoms with Crippen molar-refractivity contribution in [2.75, 3.05) is 19.7 Å². The lowest BCUT2D eigenvalue weighted by Gasteiger charge is -2.17. The number of halogens is 1. The van der Waals surface area contributed by atoms with Crippen LogP contribution in [-0.2, 0) is 16.1 Å². The number of allylic oxidation sites excluding steroid dienone is 1.